The van der Waals surface area contributed by atoms with Crippen LogP contribution in [-0.4, -0.2) is 55.9 Å². The molecule has 0 saturated heterocycles. The van der Waals surface area contributed by atoms with Crippen molar-refractivity contribution in [2.24, 2.45) is 5.92 Å². The van der Waals surface area contributed by atoms with Crippen molar-refractivity contribution >= 4 is 18.0 Å². The Balaban J connectivity index is 1.51. The van der Waals surface area contributed by atoms with E-state index in [9.17, 15) is 24.6 Å². The zero-order valence-electron chi connectivity index (χ0n) is 28.1. The molecule has 0 aliphatic carbocycles. The normalized spacial score (nSPS) is 13.2. The van der Waals surface area contributed by atoms with Gasteiger partial charge in [0.2, 0.25) is 5.91 Å². The van der Waals surface area contributed by atoms with Crippen LogP contribution in [0.3, 0.4) is 0 Å². The molecule has 258 valence electrons. The Bertz CT molecular complexity index is 1730. The van der Waals surface area contributed by atoms with Crippen molar-refractivity contribution in [3.05, 3.63) is 162 Å². The number of amides is 2. The molecule has 1 heterocycles. The predicted octanol–water partition coefficient (Wildman–Crippen LogP) is 5.54. The molecule has 1 aromatic heterocycles. The number of aromatic nitrogens is 2. The Kier molecular flexibility index (Phi) is 11.8. The predicted molar refractivity (Wildman–Crippen MR) is 189 cm³/mol. The van der Waals surface area contributed by atoms with Gasteiger partial charge in [-0.25, -0.2) is 14.6 Å². The number of aliphatic hydroxyl groups excluding tert-OH is 1. The maximum absolute atomic E-state index is 13.8. The van der Waals surface area contributed by atoms with E-state index in [1.54, 1.807) is 6.33 Å². The highest BCUT2D eigenvalue weighted by atomic mass is 16.5. The standard InChI is InChI=1S/C40H42N4O6/c1-28(2)23-34(36(45)38(47)48)42-37(46)35(43-39(49)50-26-29-15-7-3-8-16-29)24-33-25-44(27-41-33)40(30-17-9-4-10-18-30,31-19-11-5-12-20-31)32-21-13-6-14-22-32/h3-22,25,27-28,34-36,45H,23-24,26H2,1-2H3,(H,42,46)(H,43,49)(H,47,48). The molecule has 3 unspecified atom stereocenters. The average Bonchev–Trinajstić information content (AvgIpc) is 3.60. The minimum absolute atomic E-state index is 0.0168. The molecule has 0 bridgehead atoms. The second kappa shape index (κ2) is 16.6. The number of aliphatic carboxylic acids is 1. The van der Waals surface area contributed by atoms with E-state index in [4.69, 9.17) is 9.72 Å². The van der Waals surface area contributed by atoms with Gasteiger partial charge in [-0.2, -0.15) is 0 Å². The summed E-state index contributed by atoms with van der Waals surface area (Å²) >= 11 is 0. The fourth-order valence-electron chi connectivity index (χ4n) is 6.19. The van der Waals surface area contributed by atoms with Gasteiger partial charge in [0.1, 0.15) is 18.2 Å². The lowest BCUT2D eigenvalue weighted by Gasteiger charge is -2.37. The highest BCUT2D eigenvalue weighted by molar-refractivity contribution is 5.87. The Morgan fingerprint density at radius 3 is 1.76 bits per heavy atom. The number of carbonyl (C=O) groups excluding carboxylic acids is 2. The molecule has 0 spiro atoms. The van der Waals surface area contributed by atoms with E-state index in [-0.39, 0.29) is 25.4 Å². The number of nitrogens with one attached hydrogen (secondary N) is 2. The number of carbonyl (C=O) groups is 3. The van der Waals surface area contributed by atoms with Gasteiger partial charge in [0.25, 0.3) is 0 Å². The molecule has 5 rings (SSSR count). The average molecular weight is 675 g/mol. The van der Waals surface area contributed by atoms with Crippen molar-refractivity contribution in [1.82, 2.24) is 20.2 Å². The summed E-state index contributed by atoms with van der Waals surface area (Å²) in [7, 11) is 0. The van der Waals surface area contributed by atoms with Gasteiger partial charge < -0.3 is 30.2 Å². The van der Waals surface area contributed by atoms with E-state index in [1.807, 2.05) is 110 Å². The summed E-state index contributed by atoms with van der Waals surface area (Å²) in [5, 5.41) is 25.3. The summed E-state index contributed by atoms with van der Waals surface area (Å²) in [6.07, 6.45) is 1.04. The van der Waals surface area contributed by atoms with E-state index < -0.39 is 41.7 Å². The monoisotopic (exact) mass is 674 g/mol. The van der Waals surface area contributed by atoms with Crippen molar-refractivity contribution in [2.75, 3.05) is 0 Å². The molecule has 5 aromatic rings. The van der Waals surface area contributed by atoms with Gasteiger partial charge in [-0.3, -0.25) is 4.79 Å². The number of benzene rings is 4. The number of hydrogen-bond acceptors (Lipinski definition) is 6. The molecule has 0 radical (unpaired) electrons. The maximum Gasteiger partial charge on any atom is 0.408 e. The number of alkyl carbamates (subject to hydrolysis) is 1. The molecule has 10 heteroatoms. The first-order chi connectivity index (χ1) is 24.2. The van der Waals surface area contributed by atoms with E-state index in [1.165, 1.54) is 0 Å². The molecular weight excluding hydrogens is 632 g/mol. The van der Waals surface area contributed by atoms with Gasteiger partial charge in [0.15, 0.2) is 6.10 Å². The van der Waals surface area contributed by atoms with Crippen molar-refractivity contribution in [3.63, 3.8) is 0 Å². The number of carboxylic acid groups (broad SMARTS) is 1. The SMILES string of the molecule is CC(C)CC(NC(=O)C(Cc1cn(C(c2ccccc2)(c2ccccc2)c2ccccc2)cn1)NC(=O)OCc1ccccc1)C(O)C(=O)O. The van der Waals surface area contributed by atoms with Crippen molar-refractivity contribution < 1.29 is 29.3 Å². The second-order valence-electron chi connectivity index (χ2n) is 12.6. The molecule has 0 aliphatic heterocycles. The van der Waals surface area contributed by atoms with Gasteiger partial charge >= 0.3 is 12.1 Å². The van der Waals surface area contributed by atoms with Crippen LogP contribution in [-0.2, 0) is 32.9 Å². The van der Waals surface area contributed by atoms with Gasteiger partial charge in [-0.05, 0) is 34.6 Å². The Hall–Kier alpha value is -5.74. The number of aliphatic hydroxyl groups is 1. The molecular formula is C40H42N4O6. The topological polar surface area (TPSA) is 143 Å². The third-order valence-electron chi connectivity index (χ3n) is 8.52. The van der Waals surface area contributed by atoms with Gasteiger partial charge in [-0.15, -0.1) is 0 Å². The molecule has 0 aliphatic rings. The number of carboxylic acids is 1. The molecule has 3 atom stereocenters. The number of rotatable bonds is 15. The third kappa shape index (κ3) is 8.45. The number of nitrogens with zero attached hydrogens (tertiary/aromatic N) is 2. The van der Waals surface area contributed by atoms with Crippen LogP contribution in [0.4, 0.5) is 4.79 Å². The van der Waals surface area contributed by atoms with E-state index in [0.717, 1.165) is 22.3 Å². The van der Waals surface area contributed by atoms with Gasteiger partial charge in [0, 0.05) is 12.6 Å². The summed E-state index contributed by atoms with van der Waals surface area (Å²) in [5.41, 5.74) is 3.36. The highest BCUT2D eigenvalue weighted by Crippen LogP contribution is 2.40. The van der Waals surface area contributed by atoms with Crippen LogP contribution >= 0.6 is 0 Å². The summed E-state index contributed by atoms with van der Waals surface area (Å²) in [4.78, 5) is 43.3. The second-order valence-corrected chi connectivity index (χ2v) is 12.6. The van der Waals surface area contributed by atoms with Gasteiger partial charge in [0.05, 0.1) is 18.1 Å². The Labute approximate surface area is 291 Å². The minimum Gasteiger partial charge on any atom is -0.479 e. The molecule has 2 amide bonds. The smallest absolute Gasteiger partial charge is 0.408 e. The fraction of sp³-hybridized carbons (Fsp3) is 0.250. The van der Waals surface area contributed by atoms with E-state index >= 15 is 0 Å². The van der Waals surface area contributed by atoms with Crippen LogP contribution in [0.1, 0.15) is 48.2 Å². The quantitative estimate of drug-likeness (QED) is 0.107. The maximum atomic E-state index is 13.8. The minimum atomic E-state index is -1.84. The number of hydrogen-bond donors (Lipinski definition) is 4. The zero-order chi connectivity index (χ0) is 35.5. The van der Waals surface area contributed by atoms with Crippen LogP contribution in [0.5, 0.6) is 0 Å². The molecule has 4 N–H and O–H groups in total. The number of imidazole rings is 1. The van der Waals surface area contributed by atoms with Crippen molar-refractivity contribution in [1.29, 1.82) is 0 Å². The molecule has 0 fully saturated rings. The van der Waals surface area contributed by atoms with Crippen molar-refractivity contribution in [3.8, 4) is 0 Å². The summed E-state index contributed by atoms with van der Waals surface area (Å²) in [6.45, 7) is 3.70. The molecule has 0 saturated carbocycles. The first-order valence-electron chi connectivity index (χ1n) is 16.6. The molecule has 50 heavy (non-hydrogen) atoms. The Morgan fingerprint density at radius 1 is 0.780 bits per heavy atom. The van der Waals surface area contributed by atoms with Crippen LogP contribution < -0.4 is 10.6 Å². The Morgan fingerprint density at radius 2 is 1.28 bits per heavy atom. The van der Waals surface area contributed by atoms with Crippen molar-refractivity contribution in [2.45, 2.75) is 57.0 Å². The lowest BCUT2D eigenvalue weighted by Crippen LogP contribution is -2.55. The van der Waals surface area contributed by atoms with E-state index in [0.29, 0.717) is 5.69 Å². The lowest BCUT2D eigenvalue weighted by atomic mass is 9.77. The first-order valence-corrected chi connectivity index (χ1v) is 16.6. The van der Waals surface area contributed by atoms with Crippen LogP contribution in [0, 0.1) is 5.92 Å². The number of ether oxygens (including phenoxy) is 1. The molecule has 4 aromatic carbocycles. The van der Waals surface area contributed by atoms with Gasteiger partial charge in [-0.1, -0.05) is 135 Å². The largest absolute Gasteiger partial charge is 0.479 e. The van der Waals surface area contributed by atoms with E-state index in [2.05, 4.69) is 47.0 Å². The summed E-state index contributed by atoms with van der Waals surface area (Å²) < 4.78 is 7.44. The summed E-state index contributed by atoms with van der Waals surface area (Å²) in [5.74, 6) is -2.17. The van der Waals surface area contributed by atoms with Crippen LogP contribution in [0.25, 0.3) is 0 Å². The van der Waals surface area contributed by atoms with Crippen LogP contribution in [0.15, 0.2) is 134 Å². The third-order valence-corrected chi connectivity index (χ3v) is 8.52. The highest BCUT2D eigenvalue weighted by Gasteiger charge is 2.39. The summed E-state index contributed by atoms with van der Waals surface area (Å²) in [6, 6.07) is 37.0. The first kappa shape index (κ1) is 35.6. The van der Waals surface area contributed by atoms with Crippen LogP contribution in [0.2, 0.25) is 0 Å². The fourth-order valence-corrected chi connectivity index (χ4v) is 6.19. The molecule has 10 nitrogen and oxygen atoms in total. The lowest BCUT2D eigenvalue weighted by molar-refractivity contribution is -0.149. The zero-order valence-corrected chi connectivity index (χ0v) is 28.1.